The van der Waals surface area contributed by atoms with Crippen molar-refractivity contribution >= 4 is 40.9 Å². The summed E-state index contributed by atoms with van der Waals surface area (Å²) in [7, 11) is 0. The van der Waals surface area contributed by atoms with Crippen LogP contribution in [0.3, 0.4) is 0 Å². The predicted octanol–water partition coefficient (Wildman–Crippen LogP) is 3.84. The van der Waals surface area contributed by atoms with Crippen molar-refractivity contribution in [3.8, 4) is 0 Å². The molecule has 0 bridgehead atoms. The normalized spacial score (nSPS) is 10.9. The van der Waals surface area contributed by atoms with Gasteiger partial charge in [-0.3, -0.25) is 9.78 Å². The summed E-state index contributed by atoms with van der Waals surface area (Å²) in [4.78, 5) is 15.8. The second-order valence-corrected chi connectivity index (χ2v) is 5.61. The maximum absolute atomic E-state index is 11.8. The molecule has 92 valence electrons. The van der Waals surface area contributed by atoms with Crippen molar-refractivity contribution in [2.45, 2.75) is 20.8 Å². The average molecular weight is 273 g/mol. The summed E-state index contributed by atoms with van der Waals surface area (Å²) in [5.74, 6) is -0.0918. The Morgan fingerprint density at radius 2 is 2.06 bits per heavy atom. The van der Waals surface area contributed by atoms with Crippen molar-refractivity contribution in [3.05, 3.63) is 28.5 Å². The highest BCUT2D eigenvalue weighted by Crippen LogP contribution is 2.23. The van der Waals surface area contributed by atoms with Crippen LogP contribution in [0.1, 0.15) is 26.3 Å². The highest BCUT2D eigenvalue weighted by atomic mass is 35.5. The van der Waals surface area contributed by atoms with E-state index in [0.29, 0.717) is 5.69 Å². The zero-order chi connectivity index (χ0) is 13.1. The molecule has 1 rings (SSSR count). The lowest BCUT2D eigenvalue weighted by Gasteiger charge is -2.18. The lowest BCUT2D eigenvalue weighted by atomic mass is 9.95. The lowest BCUT2D eigenvalue weighted by Crippen LogP contribution is -2.27. The Morgan fingerprint density at radius 3 is 2.59 bits per heavy atom. The summed E-state index contributed by atoms with van der Waals surface area (Å²) in [6.07, 6.45) is 4.73. The van der Waals surface area contributed by atoms with Crippen LogP contribution in [0.25, 0.3) is 6.08 Å². The lowest BCUT2D eigenvalue weighted by molar-refractivity contribution is -0.123. The van der Waals surface area contributed by atoms with Crippen molar-refractivity contribution in [3.63, 3.8) is 0 Å². The zero-order valence-electron chi connectivity index (χ0n) is 9.92. The minimum atomic E-state index is -0.471. The number of carbonyl (C=O) groups excluding carboxylic acids is 1. The number of hydrogen-bond donors (Lipinski definition) is 1. The first-order chi connectivity index (χ1) is 7.80. The van der Waals surface area contributed by atoms with Crippen LogP contribution in [0, 0.1) is 5.41 Å². The van der Waals surface area contributed by atoms with E-state index in [9.17, 15) is 4.79 Å². The molecule has 0 aliphatic carbocycles. The van der Waals surface area contributed by atoms with Gasteiger partial charge in [0.2, 0.25) is 5.91 Å². The minimum absolute atomic E-state index is 0.0918. The Kier molecular flexibility index (Phi) is 4.54. The van der Waals surface area contributed by atoms with Crippen LogP contribution in [0.15, 0.2) is 23.0 Å². The fourth-order valence-corrected chi connectivity index (χ4v) is 1.30. The molecule has 0 saturated heterocycles. The number of aromatic nitrogens is 1. The topological polar surface area (TPSA) is 42.0 Å². The molecule has 3 nitrogen and oxygen atoms in total. The van der Waals surface area contributed by atoms with Gasteiger partial charge in [0.1, 0.15) is 4.49 Å². The highest BCUT2D eigenvalue weighted by Gasteiger charge is 2.21. The molecule has 0 unspecified atom stereocenters. The van der Waals surface area contributed by atoms with E-state index in [2.05, 4.69) is 10.3 Å². The van der Waals surface area contributed by atoms with Crippen molar-refractivity contribution in [2.24, 2.45) is 5.41 Å². The monoisotopic (exact) mass is 272 g/mol. The molecule has 5 heteroatoms. The molecule has 0 saturated carbocycles. The number of carbonyl (C=O) groups is 1. The Balaban J connectivity index is 3.00. The number of nitrogens with one attached hydrogen (secondary N) is 1. The van der Waals surface area contributed by atoms with E-state index < -0.39 is 5.41 Å². The van der Waals surface area contributed by atoms with Crippen LogP contribution >= 0.6 is 23.2 Å². The number of halogens is 2. The van der Waals surface area contributed by atoms with Gasteiger partial charge in [-0.1, -0.05) is 44.0 Å². The van der Waals surface area contributed by atoms with Gasteiger partial charge in [0.25, 0.3) is 0 Å². The molecule has 0 atom stereocenters. The molecule has 0 spiro atoms. The van der Waals surface area contributed by atoms with E-state index in [1.54, 1.807) is 24.5 Å². The van der Waals surface area contributed by atoms with Gasteiger partial charge >= 0.3 is 0 Å². The highest BCUT2D eigenvalue weighted by molar-refractivity contribution is 6.57. The summed E-state index contributed by atoms with van der Waals surface area (Å²) >= 11 is 11.2. The van der Waals surface area contributed by atoms with Crippen LogP contribution in [0.5, 0.6) is 0 Å². The fraction of sp³-hybridized carbons (Fsp3) is 0.333. The first kappa shape index (κ1) is 14.0. The smallest absolute Gasteiger partial charge is 0.229 e. The SMILES string of the molecule is CC(C)(C)C(=O)Nc1cnccc1C=C(Cl)Cl. The van der Waals surface area contributed by atoms with E-state index in [4.69, 9.17) is 23.2 Å². The van der Waals surface area contributed by atoms with Gasteiger partial charge in [0, 0.05) is 17.2 Å². The van der Waals surface area contributed by atoms with Crippen LogP contribution in [-0.2, 0) is 4.79 Å². The Labute approximate surface area is 111 Å². The van der Waals surface area contributed by atoms with Gasteiger partial charge in [-0.2, -0.15) is 0 Å². The van der Waals surface area contributed by atoms with Crippen LogP contribution < -0.4 is 5.32 Å². The van der Waals surface area contributed by atoms with Crippen LogP contribution in [0.4, 0.5) is 5.69 Å². The summed E-state index contributed by atoms with van der Waals surface area (Å²) in [5, 5.41) is 2.79. The predicted molar refractivity (Wildman–Crippen MR) is 72.0 cm³/mol. The Bertz CT molecular complexity index is 446. The van der Waals surface area contributed by atoms with Crippen LogP contribution in [0.2, 0.25) is 0 Å². The number of hydrogen-bond acceptors (Lipinski definition) is 2. The first-order valence-electron chi connectivity index (χ1n) is 5.09. The summed E-state index contributed by atoms with van der Waals surface area (Å²) in [6.45, 7) is 5.51. The van der Waals surface area contributed by atoms with E-state index in [1.807, 2.05) is 20.8 Å². The van der Waals surface area contributed by atoms with E-state index in [0.717, 1.165) is 5.56 Å². The number of rotatable bonds is 2. The molecule has 0 aliphatic heterocycles. The first-order valence-corrected chi connectivity index (χ1v) is 5.84. The fourth-order valence-electron chi connectivity index (χ4n) is 1.06. The maximum Gasteiger partial charge on any atom is 0.229 e. The molecule has 1 aromatic rings. The molecule has 0 radical (unpaired) electrons. The molecule has 0 aliphatic rings. The maximum atomic E-state index is 11.8. The van der Waals surface area contributed by atoms with Crippen molar-refractivity contribution in [2.75, 3.05) is 5.32 Å². The van der Waals surface area contributed by atoms with Crippen molar-refractivity contribution < 1.29 is 4.79 Å². The number of pyridine rings is 1. The van der Waals surface area contributed by atoms with Gasteiger partial charge in [-0.25, -0.2) is 0 Å². The quantitative estimate of drug-likeness (QED) is 0.889. The van der Waals surface area contributed by atoms with Gasteiger partial charge < -0.3 is 5.32 Å². The molecule has 1 heterocycles. The third-order valence-corrected chi connectivity index (χ3v) is 2.27. The standard InChI is InChI=1S/C12H14Cl2N2O/c1-12(2,3)11(17)16-9-7-15-5-4-8(9)6-10(13)14/h4-7H,1-3H3,(H,16,17). The third-order valence-electron chi connectivity index (χ3n) is 2.05. The van der Waals surface area contributed by atoms with Crippen molar-refractivity contribution in [1.29, 1.82) is 0 Å². The largest absolute Gasteiger partial charge is 0.324 e. The molecule has 1 aromatic heterocycles. The summed E-state index contributed by atoms with van der Waals surface area (Å²) in [6, 6.07) is 1.73. The molecular weight excluding hydrogens is 259 g/mol. The summed E-state index contributed by atoms with van der Waals surface area (Å²) < 4.78 is 0.127. The van der Waals surface area contributed by atoms with E-state index >= 15 is 0 Å². The van der Waals surface area contributed by atoms with Crippen molar-refractivity contribution in [1.82, 2.24) is 4.98 Å². The third kappa shape index (κ3) is 4.36. The second kappa shape index (κ2) is 5.52. The van der Waals surface area contributed by atoms with E-state index in [1.165, 1.54) is 0 Å². The Hall–Kier alpha value is -1.06. The van der Waals surface area contributed by atoms with Crippen LogP contribution in [-0.4, -0.2) is 10.9 Å². The Morgan fingerprint density at radius 1 is 1.41 bits per heavy atom. The molecular formula is C12H14Cl2N2O. The average Bonchev–Trinajstić information content (AvgIpc) is 2.18. The second-order valence-electron chi connectivity index (χ2n) is 4.60. The molecule has 1 N–H and O–H groups in total. The summed E-state index contributed by atoms with van der Waals surface area (Å²) in [5.41, 5.74) is 0.838. The number of nitrogens with zero attached hydrogens (tertiary/aromatic N) is 1. The van der Waals surface area contributed by atoms with Gasteiger partial charge in [0.15, 0.2) is 0 Å². The number of amides is 1. The molecule has 17 heavy (non-hydrogen) atoms. The van der Waals surface area contributed by atoms with E-state index in [-0.39, 0.29) is 10.4 Å². The molecule has 0 fully saturated rings. The zero-order valence-corrected chi connectivity index (χ0v) is 11.4. The van der Waals surface area contributed by atoms with Gasteiger partial charge in [-0.15, -0.1) is 0 Å². The number of anilines is 1. The molecule has 0 aromatic carbocycles. The van der Waals surface area contributed by atoms with Gasteiger partial charge in [-0.05, 0) is 12.1 Å². The minimum Gasteiger partial charge on any atom is -0.324 e. The molecule has 1 amide bonds. The van der Waals surface area contributed by atoms with Gasteiger partial charge in [0.05, 0.1) is 11.9 Å².